The van der Waals surface area contributed by atoms with Crippen LogP contribution in [0.25, 0.3) is 0 Å². The zero-order chi connectivity index (χ0) is 28.6. The lowest BCUT2D eigenvalue weighted by Crippen LogP contribution is -2.51. The zero-order valence-corrected chi connectivity index (χ0v) is 23.7. The molecule has 39 heavy (non-hydrogen) atoms. The Balaban J connectivity index is 2.07. The topological polar surface area (TPSA) is 105 Å². The van der Waals surface area contributed by atoms with E-state index < -0.39 is 28.5 Å². The number of sulfonamides is 1. The summed E-state index contributed by atoms with van der Waals surface area (Å²) in [5.74, 6) is 0.0593. The van der Waals surface area contributed by atoms with Gasteiger partial charge >= 0.3 is 0 Å². The number of rotatable bonds is 12. The maximum absolute atomic E-state index is 13.9. The molecule has 2 amide bonds. The Morgan fingerprint density at radius 2 is 1.62 bits per heavy atom. The molecule has 1 unspecified atom stereocenters. The number of amides is 2. The van der Waals surface area contributed by atoms with E-state index in [2.05, 4.69) is 5.32 Å². The van der Waals surface area contributed by atoms with Crippen LogP contribution >= 0.6 is 0 Å². The van der Waals surface area contributed by atoms with Crippen LogP contribution in [-0.4, -0.2) is 58.5 Å². The quantitative estimate of drug-likeness (QED) is 0.366. The van der Waals surface area contributed by atoms with Crippen LogP contribution in [0, 0.1) is 6.92 Å². The Hall–Kier alpha value is -4.05. The Morgan fingerprint density at radius 1 is 0.949 bits per heavy atom. The number of carbonyl (C=O) groups is 2. The molecule has 9 nitrogen and oxygen atoms in total. The monoisotopic (exact) mass is 553 g/mol. The summed E-state index contributed by atoms with van der Waals surface area (Å²) in [6, 6.07) is 19.3. The number of nitrogens with one attached hydrogen (secondary N) is 1. The first-order valence-electron chi connectivity index (χ1n) is 12.5. The molecule has 0 aliphatic rings. The molecule has 1 atom stereocenters. The first kappa shape index (κ1) is 29.5. The average Bonchev–Trinajstić information content (AvgIpc) is 2.95. The van der Waals surface area contributed by atoms with E-state index in [1.165, 1.54) is 24.1 Å². The highest BCUT2D eigenvalue weighted by Crippen LogP contribution is 2.33. The molecule has 3 aromatic carbocycles. The van der Waals surface area contributed by atoms with Crippen molar-refractivity contribution in [2.75, 3.05) is 31.6 Å². The van der Waals surface area contributed by atoms with Crippen molar-refractivity contribution in [3.8, 4) is 11.5 Å². The minimum atomic E-state index is -4.18. The van der Waals surface area contributed by atoms with Crippen molar-refractivity contribution in [3.63, 3.8) is 0 Å². The van der Waals surface area contributed by atoms with Gasteiger partial charge < -0.3 is 19.7 Å². The van der Waals surface area contributed by atoms with Gasteiger partial charge in [-0.2, -0.15) is 0 Å². The number of aryl methyl sites for hydroxylation is 1. The SMILES string of the molecule is CCNC(=O)C(C)N(Cc1ccc(OC)cc1)C(=O)CN(c1cc(C)ccc1OC)S(=O)(=O)c1ccccc1. The van der Waals surface area contributed by atoms with E-state index in [1.807, 2.05) is 6.92 Å². The fourth-order valence-corrected chi connectivity index (χ4v) is 5.50. The van der Waals surface area contributed by atoms with Crippen LogP contribution in [0.3, 0.4) is 0 Å². The second-order valence-electron chi connectivity index (χ2n) is 8.94. The third-order valence-electron chi connectivity index (χ3n) is 6.24. The summed E-state index contributed by atoms with van der Waals surface area (Å²) in [5, 5.41) is 2.75. The molecular formula is C29H35N3O6S. The van der Waals surface area contributed by atoms with Gasteiger partial charge in [-0.15, -0.1) is 0 Å². The molecule has 0 radical (unpaired) electrons. The zero-order valence-electron chi connectivity index (χ0n) is 22.9. The van der Waals surface area contributed by atoms with Crippen molar-refractivity contribution in [2.24, 2.45) is 0 Å². The van der Waals surface area contributed by atoms with E-state index in [0.717, 1.165) is 15.4 Å². The molecular weight excluding hydrogens is 518 g/mol. The summed E-state index contributed by atoms with van der Waals surface area (Å²) >= 11 is 0. The lowest BCUT2D eigenvalue weighted by Gasteiger charge is -2.32. The van der Waals surface area contributed by atoms with Crippen molar-refractivity contribution in [2.45, 2.75) is 38.3 Å². The van der Waals surface area contributed by atoms with Crippen LogP contribution in [0.1, 0.15) is 25.0 Å². The number of hydrogen-bond donors (Lipinski definition) is 1. The van der Waals surface area contributed by atoms with Gasteiger partial charge in [0.05, 0.1) is 24.8 Å². The molecule has 0 aliphatic heterocycles. The molecule has 10 heteroatoms. The molecule has 3 rings (SSSR count). The van der Waals surface area contributed by atoms with Gasteiger partial charge in [-0.3, -0.25) is 13.9 Å². The first-order valence-corrected chi connectivity index (χ1v) is 14.0. The summed E-state index contributed by atoms with van der Waals surface area (Å²) in [5.41, 5.74) is 1.77. The van der Waals surface area contributed by atoms with Crippen molar-refractivity contribution in [1.82, 2.24) is 10.2 Å². The number of benzene rings is 3. The number of anilines is 1. The molecule has 3 aromatic rings. The Morgan fingerprint density at radius 3 is 2.21 bits per heavy atom. The number of ether oxygens (including phenoxy) is 2. The number of methoxy groups -OCH3 is 2. The number of hydrogen-bond acceptors (Lipinski definition) is 6. The summed E-state index contributed by atoms with van der Waals surface area (Å²) in [4.78, 5) is 28.2. The van der Waals surface area contributed by atoms with E-state index in [9.17, 15) is 18.0 Å². The Kier molecular flexibility index (Phi) is 9.95. The van der Waals surface area contributed by atoms with Crippen LogP contribution in [0.2, 0.25) is 0 Å². The van der Waals surface area contributed by atoms with Crippen molar-refractivity contribution in [1.29, 1.82) is 0 Å². The van der Waals surface area contributed by atoms with E-state index in [4.69, 9.17) is 9.47 Å². The van der Waals surface area contributed by atoms with Gasteiger partial charge in [0.1, 0.15) is 24.1 Å². The lowest BCUT2D eigenvalue weighted by atomic mass is 10.1. The minimum absolute atomic E-state index is 0.0276. The van der Waals surface area contributed by atoms with Gasteiger partial charge in [-0.25, -0.2) is 8.42 Å². The number of carbonyl (C=O) groups excluding carboxylic acids is 2. The second kappa shape index (κ2) is 13.1. The van der Waals surface area contributed by atoms with Gasteiger partial charge in [-0.1, -0.05) is 36.4 Å². The molecule has 1 N–H and O–H groups in total. The standard InChI is InChI=1S/C29H35N3O6S/c1-6-30-29(34)22(3)31(19-23-13-15-24(37-4)16-14-23)28(33)20-32(26-18-21(2)12-17-27(26)38-5)39(35,36)25-10-8-7-9-11-25/h7-18,22H,6,19-20H2,1-5H3,(H,30,34). The summed E-state index contributed by atoms with van der Waals surface area (Å²) < 4.78 is 39.6. The van der Waals surface area contributed by atoms with Crippen LogP contribution < -0.4 is 19.1 Å². The molecule has 0 saturated carbocycles. The lowest BCUT2D eigenvalue weighted by molar-refractivity contribution is -0.139. The highest BCUT2D eigenvalue weighted by Gasteiger charge is 2.33. The summed E-state index contributed by atoms with van der Waals surface area (Å²) in [6.45, 7) is 5.17. The average molecular weight is 554 g/mol. The van der Waals surface area contributed by atoms with Gasteiger partial charge in [0, 0.05) is 13.1 Å². The Bertz CT molecular complexity index is 1380. The van der Waals surface area contributed by atoms with Gasteiger partial charge in [-0.05, 0) is 68.3 Å². The highest BCUT2D eigenvalue weighted by atomic mass is 32.2. The largest absolute Gasteiger partial charge is 0.497 e. The predicted molar refractivity (Wildman–Crippen MR) is 150 cm³/mol. The van der Waals surface area contributed by atoms with Gasteiger partial charge in [0.25, 0.3) is 10.0 Å². The highest BCUT2D eigenvalue weighted by molar-refractivity contribution is 7.92. The van der Waals surface area contributed by atoms with E-state index in [0.29, 0.717) is 18.0 Å². The molecule has 0 spiro atoms. The molecule has 0 fully saturated rings. The molecule has 0 saturated heterocycles. The van der Waals surface area contributed by atoms with Crippen LogP contribution in [0.4, 0.5) is 5.69 Å². The first-order chi connectivity index (χ1) is 18.6. The fraction of sp³-hybridized carbons (Fsp3) is 0.310. The number of nitrogens with zero attached hydrogens (tertiary/aromatic N) is 2. The van der Waals surface area contributed by atoms with E-state index in [-0.39, 0.29) is 23.0 Å². The molecule has 0 aliphatic carbocycles. The van der Waals surface area contributed by atoms with Crippen molar-refractivity contribution < 1.29 is 27.5 Å². The van der Waals surface area contributed by atoms with E-state index >= 15 is 0 Å². The van der Waals surface area contributed by atoms with E-state index in [1.54, 1.807) is 81.6 Å². The van der Waals surface area contributed by atoms with Crippen LogP contribution in [0.5, 0.6) is 11.5 Å². The molecule has 208 valence electrons. The predicted octanol–water partition coefficient (Wildman–Crippen LogP) is 3.76. The van der Waals surface area contributed by atoms with Crippen LogP contribution in [0.15, 0.2) is 77.7 Å². The summed E-state index contributed by atoms with van der Waals surface area (Å²) in [6.07, 6.45) is 0. The van der Waals surface area contributed by atoms with Gasteiger partial charge in [0.15, 0.2) is 0 Å². The van der Waals surface area contributed by atoms with Crippen molar-refractivity contribution in [3.05, 3.63) is 83.9 Å². The smallest absolute Gasteiger partial charge is 0.264 e. The van der Waals surface area contributed by atoms with Gasteiger partial charge in [0.2, 0.25) is 11.8 Å². The van der Waals surface area contributed by atoms with Crippen LogP contribution in [-0.2, 0) is 26.2 Å². The maximum atomic E-state index is 13.9. The molecule has 0 heterocycles. The van der Waals surface area contributed by atoms with Crippen molar-refractivity contribution >= 4 is 27.5 Å². The molecule has 0 bridgehead atoms. The Labute approximate surface area is 230 Å². The maximum Gasteiger partial charge on any atom is 0.264 e. The third-order valence-corrected chi connectivity index (χ3v) is 8.02. The molecule has 0 aromatic heterocycles. The number of likely N-dealkylation sites (N-methyl/N-ethyl adjacent to an activating group) is 1. The third kappa shape index (κ3) is 7.08. The fourth-order valence-electron chi connectivity index (χ4n) is 4.06. The summed E-state index contributed by atoms with van der Waals surface area (Å²) in [7, 11) is -1.18. The minimum Gasteiger partial charge on any atom is -0.497 e. The second-order valence-corrected chi connectivity index (χ2v) is 10.8. The normalized spacial score (nSPS) is 11.8.